The van der Waals surface area contributed by atoms with Gasteiger partial charge < -0.3 is 8.66 Å². The lowest BCUT2D eigenvalue weighted by Crippen LogP contribution is -2.43. The smallest absolute Gasteiger partial charge is 0.0611 e. The monoisotopic (exact) mass is 256 g/mol. The summed E-state index contributed by atoms with van der Waals surface area (Å²) in [5.74, 6) is 0. The molecule has 1 fully saturated rings. The molecule has 1 aromatic rings. The van der Waals surface area contributed by atoms with Crippen LogP contribution in [0.15, 0.2) is 24.5 Å². The molecular formula is C10H13BrN2O. The molecule has 1 heterocycles. The van der Waals surface area contributed by atoms with E-state index in [2.05, 4.69) is 25.1 Å². The van der Waals surface area contributed by atoms with Gasteiger partial charge in [0.25, 0.3) is 0 Å². The molecule has 76 valence electrons. The number of nitrogens with zero attached hydrogens (tertiary/aromatic N) is 2. The SMILES string of the molecule is COC1CC(N(Br)c2ccncc2)C1. The van der Waals surface area contributed by atoms with E-state index in [9.17, 15) is 0 Å². The molecule has 14 heavy (non-hydrogen) atoms. The molecule has 0 aliphatic heterocycles. The third kappa shape index (κ3) is 1.91. The molecule has 0 aromatic carbocycles. The summed E-state index contributed by atoms with van der Waals surface area (Å²) in [5.41, 5.74) is 1.15. The third-order valence-corrected chi connectivity index (χ3v) is 3.62. The topological polar surface area (TPSA) is 25.4 Å². The lowest BCUT2D eigenvalue weighted by atomic mass is 9.89. The Balaban J connectivity index is 1.94. The Hall–Kier alpha value is -0.610. The molecule has 1 saturated carbocycles. The van der Waals surface area contributed by atoms with Gasteiger partial charge in [-0.2, -0.15) is 0 Å². The number of pyridine rings is 1. The lowest BCUT2D eigenvalue weighted by Gasteiger charge is -2.39. The summed E-state index contributed by atoms with van der Waals surface area (Å²) in [5, 5.41) is 0. The molecule has 0 bridgehead atoms. The van der Waals surface area contributed by atoms with Gasteiger partial charge in [0, 0.05) is 41.7 Å². The summed E-state index contributed by atoms with van der Waals surface area (Å²) < 4.78 is 7.36. The first-order chi connectivity index (χ1) is 6.81. The first kappa shape index (κ1) is 9.93. The van der Waals surface area contributed by atoms with E-state index < -0.39 is 0 Å². The van der Waals surface area contributed by atoms with E-state index >= 15 is 0 Å². The van der Waals surface area contributed by atoms with E-state index in [4.69, 9.17) is 4.74 Å². The van der Waals surface area contributed by atoms with Gasteiger partial charge in [0.15, 0.2) is 0 Å². The molecule has 0 saturated heterocycles. The Morgan fingerprint density at radius 1 is 1.43 bits per heavy atom. The standard InChI is InChI=1S/C10H13BrN2O/c1-14-10-6-9(7-10)13(11)8-2-4-12-5-3-8/h2-5,9-10H,6-7H2,1H3. The predicted octanol–water partition coefficient (Wildman–Crippen LogP) is 2.38. The van der Waals surface area contributed by atoms with Gasteiger partial charge in [0.05, 0.1) is 11.8 Å². The van der Waals surface area contributed by atoms with Crippen molar-refractivity contribution >= 4 is 21.8 Å². The highest BCUT2D eigenvalue weighted by Gasteiger charge is 2.33. The number of methoxy groups -OCH3 is 1. The fourth-order valence-corrected chi connectivity index (χ4v) is 2.18. The molecule has 3 nitrogen and oxygen atoms in total. The highest BCUT2D eigenvalue weighted by molar-refractivity contribution is 9.10. The van der Waals surface area contributed by atoms with Gasteiger partial charge in [-0.3, -0.25) is 4.98 Å². The molecule has 0 amide bonds. The normalized spacial score (nSPS) is 25.6. The van der Waals surface area contributed by atoms with Crippen molar-refractivity contribution in [2.24, 2.45) is 0 Å². The fraction of sp³-hybridized carbons (Fsp3) is 0.500. The molecular weight excluding hydrogens is 244 g/mol. The molecule has 2 rings (SSSR count). The van der Waals surface area contributed by atoms with Crippen LogP contribution in [0, 0.1) is 0 Å². The maximum absolute atomic E-state index is 5.24. The summed E-state index contributed by atoms with van der Waals surface area (Å²) in [7, 11) is 1.77. The maximum Gasteiger partial charge on any atom is 0.0611 e. The average Bonchev–Trinajstić information content (AvgIpc) is 2.17. The van der Waals surface area contributed by atoms with Crippen molar-refractivity contribution in [3.63, 3.8) is 0 Å². The van der Waals surface area contributed by atoms with Crippen LogP contribution in [0.1, 0.15) is 12.8 Å². The van der Waals surface area contributed by atoms with Crippen LogP contribution in [-0.4, -0.2) is 24.2 Å². The zero-order valence-corrected chi connectivity index (χ0v) is 9.64. The van der Waals surface area contributed by atoms with Gasteiger partial charge in [-0.25, -0.2) is 0 Å². The van der Waals surface area contributed by atoms with Crippen molar-refractivity contribution in [2.75, 3.05) is 11.0 Å². The van der Waals surface area contributed by atoms with Crippen LogP contribution < -0.4 is 3.93 Å². The van der Waals surface area contributed by atoms with Crippen LogP contribution in [0.2, 0.25) is 0 Å². The number of hydrogen-bond donors (Lipinski definition) is 0. The molecule has 0 N–H and O–H groups in total. The Kier molecular flexibility index (Phi) is 3.03. The number of ether oxygens (including phenoxy) is 1. The van der Waals surface area contributed by atoms with Gasteiger partial charge in [-0.1, -0.05) is 0 Å². The van der Waals surface area contributed by atoms with E-state index in [-0.39, 0.29) is 0 Å². The van der Waals surface area contributed by atoms with Crippen LogP contribution in [-0.2, 0) is 4.74 Å². The van der Waals surface area contributed by atoms with E-state index in [1.807, 2.05) is 12.1 Å². The highest BCUT2D eigenvalue weighted by Crippen LogP contribution is 2.33. The number of anilines is 1. The number of aromatic nitrogens is 1. The van der Waals surface area contributed by atoms with E-state index in [1.165, 1.54) is 0 Å². The molecule has 0 unspecified atom stereocenters. The minimum Gasteiger partial charge on any atom is -0.381 e. The van der Waals surface area contributed by atoms with Crippen molar-refractivity contribution < 1.29 is 4.74 Å². The average molecular weight is 257 g/mol. The van der Waals surface area contributed by atoms with Crippen LogP contribution >= 0.6 is 16.1 Å². The van der Waals surface area contributed by atoms with Crippen LogP contribution in [0.25, 0.3) is 0 Å². The van der Waals surface area contributed by atoms with Gasteiger partial charge in [-0.05, 0) is 25.0 Å². The van der Waals surface area contributed by atoms with E-state index in [0.29, 0.717) is 12.1 Å². The van der Waals surface area contributed by atoms with E-state index in [0.717, 1.165) is 18.5 Å². The van der Waals surface area contributed by atoms with Gasteiger partial charge >= 0.3 is 0 Å². The highest BCUT2D eigenvalue weighted by atomic mass is 79.9. The second kappa shape index (κ2) is 4.28. The number of rotatable bonds is 3. The van der Waals surface area contributed by atoms with Gasteiger partial charge in [-0.15, -0.1) is 0 Å². The third-order valence-electron chi connectivity index (χ3n) is 2.63. The van der Waals surface area contributed by atoms with Crippen molar-refractivity contribution in [2.45, 2.75) is 25.0 Å². The van der Waals surface area contributed by atoms with Crippen molar-refractivity contribution in [1.82, 2.24) is 4.98 Å². The maximum atomic E-state index is 5.24. The van der Waals surface area contributed by atoms with Crippen LogP contribution in [0.4, 0.5) is 5.69 Å². The number of halogens is 1. The Labute approximate surface area is 92.4 Å². The zero-order chi connectivity index (χ0) is 9.97. The molecule has 1 aliphatic carbocycles. The molecule has 4 heteroatoms. The Bertz CT molecular complexity index is 287. The van der Waals surface area contributed by atoms with Gasteiger partial charge in [0.1, 0.15) is 0 Å². The molecule has 1 aromatic heterocycles. The van der Waals surface area contributed by atoms with E-state index in [1.54, 1.807) is 19.5 Å². The van der Waals surface area contributed by atoms with Crippen molar-refractivity contribution in [3.05, 3.63) is 24.5 Å². The first-order valence-electron chi connectivity index (χ1n) is 4.69. The fourth-order valence-electron chi connectivity index (χ4n) is 1.61. The van der Waals surface area contributed by atoms with Crippen molar-refractivity contribution in [1.29, 1.82) is 0 Å². The summed E-state index contributed by atoms with van der Waals surface area (Å²) in [6, 6.07) is 4.53. The minimum absolute atomic E-state index is 0.432. The molecule has 0 radical (unpaired) electrons. The molecule has 0 spiro atoms. The largest absolute Gasteiger partial charge is 0.381 e. The lowest BCUT2D eigenvalue weighted by molar-refractivity contribution is 0.0299. The van der Waals surface area contributed by atoms with Crippen LogP contribution in [0.5, 0.6) is 0 Å². The summed E-state index contributed by atoms with van der Waals surface area (Å²) >= 11 is 3.57. The Morgan fingerprint density at radius 3 is 2.64 bits per heavy atom. The molecule has 1 aliphatic rings. The second-order valence-electron chi connectivity index (χ2n) is 3.50. The summed E-state index contributed by atoms with van der Waals surface area (Å²) in [4.78, 5) is 3.99. The minimum atomic E-state index is 0.432. The zero-order valence-electron chi connectivity index (χ0n) is 8.06. The summed E-state index contributed by atoms with van der Waals surface area (Å²) in [6.45, 7) is 0. The first-order valence-corrected chi connectivity index (χ1v) is 5.40. The predicted molar refractivity (Wildman–Crippen MR) is 59.5 cm³/mol. The van der Waals surface area contributed by atoms with Crippen molar-refractivity contribution in [3.8, 4) is 0 Å². The molecule has 0 atom stereocenters. The van der Waals surface area contributed by atoms with Gasteiger partial charge in [0.2, 0.25) is 0 Å². The second-order valence-corrected chi connectivity index (χ2v) is 4.26. The quantitative estimate of drug-likeness (QED) is 0.777. The van der Waals surface area contributed by atoms with Crippen LogP contribution in [0.3, 0.4) is 0 Å². The number of hydrogen-bond acceptors (Lipinski definition) is 3. The Morgan fingerprint density at radius 2 is 2.07 bits per heavy atom. The summed E-state index contributed by atoms with van der Waals surface area (Å²) in [6.07, 6.45) is 6.21.